The van der Waals surface area contributed by atoms with E-state index < -0.39 is 34.8 Å². The maximum absolute atomic E-state index is 12.2. The molecule has 10 nitrogen and oxygen atoms in total. The minimum Gasteiger partial charge on any atom is -0.491 e. The fraction of sp³-hybridized carbons (Fsp3) is 0.310. The number of aliphatic hydroxyl groups excluding tert-OH is 1. The van der Waals surface area contributed by atoms with Crippen molar-refractivity contribution < 1.29 is 38.6 Å². The molecule has 0 bridgehead atoms. The molecule has 2 aromatic rings. The second kappa shape index (κ2) is 14.5. The number of carbonyl (C=O) groups is 2. The van der Waals surface area contributed by atoms with Gasteiger partial charge in [0.2, 0.25) is 0 Å². The first-order valence-electron chi connectivity index (χ1n) is 12.6. The number of aliphatic hydroxyl groups is 1. The molecule has 1 heterocycles. The van der Waals surface area contributed by atoms with Crippen LogP contribution in [0.15, 0.2) is 88.1 Å². The second-order valence-corrected chi connectivity index (χ2v) is 10.5. The van der Waals surface area contributed by atoms with E-state index in [9.17, 15) is 29.1 Å². The Bertz CT molecular complexity index is 1300. The van der Waals surface area contributed by atoms with Crippen LogP contribution in [0.5, 0.6) is 11.5 Å². The molecule has 0 aliphatic carbocycles. The van der Waals surface area contributed by atoms with Crippen LogP contribution in [0.25, 0.3) is 0 Å². The fourth-order valence-corrected chi connectivity index (χ4v) is 4.88. The van der Waals surface area contributed by atoms with Crippen LogP contribution in [-0.4, -0.2) is 70.1 Å². The molecular formula is C29H34N2O8S. The first-order chi connectivity index (χ1) is 19.1. The molecule has 2 unspecified atom stereocenters. The van der Waals surface area contributed by atoms with Crippen LogP contribution in [0.1, 0.15) is 25.3 Å². The molecule has 0 fully saturated rings. The van der Waals surface area contributed by atoms with Crippen LogP contribution < -0.4 is 20.1 Å². The number of allylic oxidation sites excluding steroid dienone is 2. The van der Waals surface area contributed by atoms with E-state index in [1.54, 1.807) is 32.1 Å². The van der Waals surface area contributed by atoms with Gasteiger partial charge in [0.05, 0.1) is 17.1 Å². The van der Waals surface area contributed by atoms with Crippen LogP contribution in [0.3, 0.4) is 0 Å². The van der Waals surface area contributed by atoms with E-state index in [2.05, 4.69) is 10.6 Å². The number of nitrogens with one attached hydrogen (secondary N) is 2. The van der Waals surface area contributed by atoms with E-state index in [1.807, 2.05) is 36.4 Å². The molecular weight excluding hydrogens is 536 g/mol. The largest absolute Gasteiger partial charge is 0.491 e. The quantitative estimate of drug-likeness (QED) is 0.169. The zero-order valence-corrected chi connectivity index (χ0v) is 23.4. The van der Waals surface area contributed by atoms with Crippen molar-refractivity contribution in [2.45, 2.75) is 30.8 Å². The van der Waals surface area contributed by atoms with Crippen LogP contribution >= 0.6 is 0 Å². The first-order valence-corrected chi connectivity index (χ1v) is 14.1. The SMILES string of the molecule is CC1=C(C(=O)O)C(c2cc(S(C)=O)ccc2OCC=CCNCC(O)COc2ccccc2)C(C(=O)O)=C(C)N1. The molecule has 214 valence electrons. The standard InChI is InChI=1S/C29H34N2O8S/c1-18-25(28(33)34)27(26(29(35)36)19(2)31-18)23-15-22(40(3)37)11-12-24(23)38-14-8-7-13-30-16-20(32)17-39-21-9-5-4-6-10-21/h4-12,15,20,27,30-32H,13-14,16-17H2,1-3H3,(H,33,34)(H,35,36). The Hall–Kier alpha value is -3.93. The average Bonchev–Trinajstić information content (AvgIpc) is 2.91. The Morgan fingerprint density at radius 1 is 1.02 bits per heavy atom. The summed E-state index contributed by atoms with van der Waals surface area (Å²) in [5, 5.41) is 36.0. The molecule has 0 spiro atoms. The van der Waals surface area contributed by atoms with Crippen molar-refractivity contribution in [3.8, 4) is 11.5 Å². The highest BCUT2D eigenvalue weighted by atomic mass is 32.2. The third-order valence-electron chi connectivity index (χ3n) is 6.17. The number of para-hydroxylation sites is 1. The third-order valence-corrected chi connectivity index (χ3v) is 7.09. The number of benzene rings is 2. The molecule has 1 aliphatic rings. The van der Waals surface area contributed by atoms with Crippen LogP contribution in [0.2, 0.25) is 0 Å². The molecule has 0 amide bonds. The van der Waals surface area contributed by atoms with Crippen molar-refractivity contribution in [3.05, 3.63) is 88.8 Å². The smallest absolute Gasteiger partial charge is 0.334 e. The molecule has 0 radical (unpaired) electrons. The lowest BCUT2D eigenvalue weighted by molar-refractivity contribution is -0.133. The third kappa shape index (κ3) is 8.04. The summed E-state index contributed by atoms with van der Waals surface area (Å²) in [6.45, 7) is 4.19. The number of aliphatic carboxylic acids is 2. The first kappa shape index (κ1) is 30.6. The van der Waals surface area contributed by atoms with Crippen molar-refractivity contribution in [1.82, 2.24) is 10.6 Å². The summed E-state index contributed by atoms with van der Waals surface area (Å²) in [5.74, 6) is -2.71. The lowest BCUT2D eigenvalue weighted by Crippen LogP contribution is -2.31. The molecule has 2 aromatic carbocycles. The van der Waals surface area contributed by atoms with Crippen molar-refractivity contribution in [1.29, 1.82) is 0 Å². The predicted octanol–water partition coefficient (Wildman–Crippen LogP) is 2.79. The van der Waals surface area contributed by atoms with Gasteiger partial charge in [-0.2, -0.15) is 0 Å². The molecule has 3 rings (SSSR count). The summed E-state index contributed by atoms with van der Waals surface area (Å²) in [7, 11) is -1.39. The normalized spacial score (nSPS) is 15.6. The monoisotopic (exact) mass is 570 g/mol. The highest BCUT2D eigenvalue weighted by Crippen LogP contribution is 2.42. The summed E-state index contributed by atoms with van der Waals surface area (Å²) in [4.78, 5) is 24.9. The average molecular weight is 571 g/mol. The summed E-state index contributed by atoms with van der Waals surface area (Å²) in [6.07, 6.45) is 4.35. The van der Waals surface area contributed by atoms with Crippen LogP contribution in [-0.2, 0) is 20.4 Å². The van der Waals surface area contributed by atoms with E-state index in [4.69, 9.17) is 9.47 Å². The number of carboxylic acids is 2. The summed E-state index contributed by atoms with van der Waals surface area (Å²) in [6, 6.07) is 13.9. The van der Waals surface area contributed by atoms with E-state index >= 15 is 0 Å². The van der Waals surface area contributed by atoms with E-state index in [0.717, 1.165) is 0 Å². The van der Waals surface area contributed by atoms with Gasteiger partial charge in [-0.15, -0.1) is 0 Å². The maximum atomic E-state index is 12.2. The van der Waals surface area contributed by atoms with E-state index in [-0.39, 0.29) is 30.1 Å². The number of rotatable bonds is 14. The topological polar surface area (TPSA) is 154 Å². The second-order valence-electron chi connectivity index (χ2n) is 9.12. The van der Waals surface area contributed by atoms with Gasteiger partial charge in [0.15, 0.2) is 0 Å². The van der Waals surface area contributed by atoms with Crippen LogP contribution in [0.4, 0.5) is 0 Å². The number of carboxylic acid groups (broad SMARTS) is 2. The molecule has 0 saturated heterocycles. The van der Waals surface area contributed by atoms with Gasteiger partial charge in [0.1, 0.15) is 30.8 Å². The summed E-state index contributed by atoms with van der Waals surface area (Å²) >= 11 is 0. The Balaban J connectivity index is 1.68. The molecule has 0 aromatic heterocycles. The van der Waals surface area contributed by atoms with Crippen molar-refractivity contribution >= 4 is 22.7 Å². The molecule has 1 aliphatic heterocycles. The molecule has 40 heavy (non-hydrogen) atoms. The van der Waals surface area contributed by atoms with Gasteiger partial charge in [-0.1, -0.05) is 30.4 Å². The van der Waals surface area contributed by atoms with Gasteiger partial charge in [-0.25, -0.2) is 9.59 Å². The zero-order valence-electron chi connectivity index (χ0n) is 22.5. The Labute approximate surface area is 235 Å². The maximum Gasteiger partial charge on any atom is 0.334 e. The van der Waals surface area contributed by atoms with E-state index in [1.165, 1.54) is 12.3 Å². The molecule has 11 heteroatoms. The zero-order chi connectivity index (χ0) is 29.2. The summed E-state index contributed by atoms with van der Waals surface area (Å²) < 4.78 is 23.7. The van der Waals surface area contributed by atoms with Crippen LogP contribution in [0, 0.1) is 0 Å². The van der Waals surface area contributed by atoms with Gasteiger partial charge < -0.3 is 35.4 Å². The number of ether oxygens (including phenoxy) is 2. The van der Waals surface area contributed by atoms with Crippen molar-refractivity contribution in [2.24, 2.45) is 0 Å². The van der Waals surface area contributed by atoms with Gasteiger partial charge in [0, 0.05) is 52.0 Å². The lowest BCUT2D eigenvalue weighted by atomic mass is 9.80. The highest BCUT2D eigenvalue weighted by Gasteiger charge is 2.38. The lowest BCUT2D eigenvalue weighted by Gasteiger charge is -2.30. The Morgan fingerprint density at radius 2 is 1.68 bits per heavy atom. The minimum atomic E-state index is -1.39. The van der Waals surface area contributed by atoms with E-state index in [0.29, 0.717) is 40.7 Å². The van der Waals surface area contributed by atoms with Gasteiger partial charge >= 0.3 is 11.9 Å². The highest BCUT2D eigenvalue weighted by molar-refractivity contribution is 7.84. The number of dihydropyridines is 1. The predicted molar refractivity (Wildman–Crippen MR) is 151 cm³/mol. The summed E-state index contributed by atoms with van der Waals surface area (Å²) in [5.41, 5.74) is 0.686. The van der Waals surface area contributed by atoms with Gasteiger partial charge in [0.25, 0.3) is 0 Å². The number of hydrogen-bond donors (Lipinski definition) is 5. The van der Waals surface area contributed by atoms with Gasteiger partial charge in [-0.05, 0) is 44.2 Å². The fourth-order valence-electron chi connectivity index (χ4n) is 4.33. The Kier molecular flexibility index (Phi) is 11.1. The molecule has 5 N–H and O–H groups in total. The van der Waals surface area contributed by atoms with Crippen molar-refractivity contribution in [3.63, 3.8) is 0 Å². The minimum absolute atomic E-state index is 0.115. The number of hydrogen-bond acceptors (Lipinski definition) is 8. The Morgan fingerprint density at radius 3 is 2.27 bits per heavy atom. The van der Waals surface area contributed by atoms with Crippen molar-refractivity contribution in [2.75, 3.05) is 32.6 Å². The molecule has 0 saturated carbocycles. The molecule has 2 atom stereocenters. The van der Waals surface area contributed by atoms with Gasteiger partial charge in [-0.3, -0.25) is 4.21 Å².